The van der Waals surface area contributed by atoms with Gasteiger partial charge in [0.1, 0.15) is 11.7 Å². The summed E-state index contributed by atoms with van der Waals surface area (Å²) in [6, 6.07) is 11.3. The van der Waals surface area contributed by atoms with E-state index in [1.807, 2.05) is 48.7 Å². The van der Waals surface area contributed by atoms with Crippen LogP contribution in [-0.4, -0.2) is 41.7 Å². The average molecular weight is 467 g/mol. The van der Waals surface area contributed by atoms with Crippen LogP contribution in [0.2, 0.25) is 0 Å². The third-order valence-corrected chi connectivity index (χ3v) is 6.45. The molecule has 1 heterocycles. The lowest BCUT2D eigenvalue weighted by Crippen LogP contribution is -2.50. The van der Waals surface area contributed by atoms with Crippen LogP contribution < -0.4 is 10.6 Å². The minimum Gasteiger partial charge on any atom is -0.380 e. The van der Waals surface area contributed by atoms with E-state index < -0.39 is 6.04 Å². The molecule has 7 heteroatoms. The second-order valence-corrected chi connectivity index (χ2v) is 9.64. The first kappa shape index (κ1) is 25.8. The molecule has 0 unspecified atom stereocenters. The second-order valence-electron chi connectivity index (χ2n) is 9.64. The molecule has 3 atom stereocenters. The Kier molecular flexibility index (Phi) is 9.52. The lowest BCUT2D eigenvalue weighted by atomic mass is 9.83. The van der Waals surface area contributed by atoms with Crippen LogP contribution in [0.3, 0.4) is 0 Å². The molecule has 0 spiro atoms. The second kappa shape index (κ2) is 12.6. The van der Waals surface area contributed by atoms with Crippen molar-refractivity contribution in [1.29, 1.82) is 5.26 Å². The first-order chi connectivity index (χ1) is 16.4. The number of hydrogen-bond acceptors (Lipinski definition) is 4. The number of para-hydroxylation sites is 1. The Morgan fingerprint density at radius 2 is 1.97 bits per heavy atom. The van der Waals surface area contributed by atoms with E-state index >= 15 is 0 Å². The number of aromatic nitrogens is 1. The lowest BCUT2D eigenvalue weighted by Gasteiger charge is -2.32. The molecule has 1 aromatic heterocycles. The molecule has 0 radical (unpaired) electrons. The highest BCUT2D eigenvalue weighted by molar-refractivity contribution is 5.99. The molecule has 3 rings (SSSR count). The summed E-state index contributed by atoms with van der Waals surface area (Å²) in [5.74, 6) is -0.317. The molecular weight excluding hydrogens is 428 g/mol. The van der Waals surface area contributed by atoms with Crippen LogP contribution in [0.4, 0.5) is 0 Å². The van der Waals surface area contributed by atoms with Gasteiger partial charge in [-0.15, -0.1) is 0 Å². The van der Waals surface area contributed by atoms with Gasteiger partial charge in [0.2, 0.25) is 5.91 Å². The Hall–Kier alpha value is -2.85. The largest absolute Gasteiger partial charge is 0.380 e. The molecule has 2 aromatic rings. The molecule has 2 amide bonds. The zero-order chi connectivity index (χ0) is 24.5. The fourth-order valence-corrected chi connectivity index (χ4v) is 4.80. The van der Waals surface area contributed by atoms with E-state index in [0.717, 1.165) is 36.6 Å². The first-order valence-electron chi connectivity index (χ1n) is 12.6. The van der Waals surface area contributed by atoms with E-state index in [9.17, 15) is 14.9 Å². The van der Waals surface area contributed by atoms with Crippen molar-refractivity contribution < 1.29 is 14.3 Å². The summed E-state index contributed by atoms with van der Waals surface area (Å²) in [6.07, 6.45) is 4.95. The van der Waals surface area contributed by atoms with Crippen LogP contribution >= 0.6 is 0 Å². The molecule has 7 nitrogen and oxygen atoms in total. The third-order valence-electron chi connectivity index (χ3n) is 6.45. The molecular formula is C27H38N4O3. The molecule has 2 N–H and O–H groups in total. The summed E-state index contributed by atoms with van der Waals surface area (Å²) in [5, 5.41) is 16.5. The minimum absolute atomic E-state index is 0.134. The molecule has 1 aliphatic carbocycles. The van der Waals surface area contributed by atoms with Crippen molar-refractivity contribution in [1.82, 2.24) is 15.2 Å². The van der Waals surface area contributed by atoms with Gasteiger partial charge in [-0.05, 0) is 43.7 Å². The predicted molar refractivity (Wildman–Crippen MR) is 133 cm³/mol. The number of amides is 2. The molecule has 1 aliphatic rings. The van der Waals surface area contributed by atoms with Gasteiger partial charge in [0.15, 0.2) is 0 Å². The number of hydrogen-bond donors (Lipinski definition) is 2. The minimum atomic E-state index is -0.503. The zero-order valence-electron chi connectivity index (χ0n) is 20.7. The SMILES string of the molecule is CCCOCCn1c(C(=O)N[C@H]2CCCC[C@H]2C(=O)N[C@H](C#N)CC(C)C)cc2ccccc21. The molecule has 184 valence electrons. The van der Waals surface area contributed by atoms with Gasteiger partial charge in [0.25, 0.3) is 5.91 Å². The number of carbonyl (C=O) groups is 2. The maximum atomic E-state index is 13.4. The zero-order valence-corrected chi connectivity index (χ0v) is 20.7. The lowest BCUT2D eigenvalue weighted by molar-refractivity contribution is -0.127. The Morgan fingerprint density at radius 3 is 2.71 bits per heavy atom. The maximum Gasteiger partial charge on any atom is 0.268 e. The standard InChI is InChI=1S/C27H38N4O3/c1-4-14-34-15-13-31-24-12-8-5-9-20(24)17-25(31)27(33)30-23-11-7-6-10-22(23)26(32)29-21(18-28)16-19(2)3/h5,8-9,12,17,19,21-23H,4,6-7,10-11,13-16H2,1-3H3,(H,29,32)(H,30,33)/t21-,22+,23-/m0/s1. The van der Waals surface area contributed by atoms with Crippen molar-refractivity contribution in [3.63, 3.8) is 0 Å². The molecule has 0 aliphatic heterocycles. The summed E-state index contributed by atoms with van der Waals surface area (Å²) in [6.45, 7) is 7.96. The van der Waals surface area contributed by atoms with Gasteiger partial charge >= 0.3 is 0 Å². The first-order valence-corrected chi connectivity index (χ1v) is 12.6. The van der Waals surface area contributed by atoms with E-state index in [1.54, 1.807) is 0 Å². The van der Waals surface area contributed by atoms with Crippen molar-refractivity contribution >= 4 is 22.7 Å². The summed E-state index contributed by atoms with van der Waals surface area (Å²) >= 11 is 0. The molecule has 0 saturated heterocycles. The molecule has 34 heavy (non-hydrogen) atoms. The summed E-state index contributed by atoms with van der Waals surface area (Å²) < 4.78 is 7.69. The fourth-order valence-electron chi connectivity index (χ4n) is 4.80. The Balaban J connectivity index is 1.75. The quantitative estimate of drug-likeness (QED) is 0.480. The predicted octanol–water partition coefficient (Wildman–Crippen LogP) is 4.41. The Morgan fingerprint density at radius 1 is 1.21 bits per heavy atom. The number of benzene rings is 1. The highest BCUT2D eigenvalue weighted by Gasteiger charge is 2.33. The monoisotopic (exact) mass is 466 g/mol. The molecule has 0 bridgehead atoms. The number of carbonyl (C=O) groups excluding carboxylic acids is 2. The van der Waals surface area contributed by atoms with Gasteiger partial charge in [0.05, 0.1) is 18.6 Å². The normalized spacial score (nSPS) is 19.0. The highest BCUT2D eigenvalue weighted by Crippen LogP contribution is 2.26. The number of nitrogens with zero attached hydrogens (tertiary/aromatic N) is 2. The van der Waals surface area contributed by atoms with Gasteiger partial charge in [-0.3, -0.25) is 9.59 Å². The Labute approximate surface area is 202 Å². The topological polar surface area (TPSA) is 96.2 Å². The number of nitriles is 1. The number of fused-ring (bicyclic) bond motifs is 1. The van der Waals surface area contributed by atoms with Crippen molar-refractivity contribution in [2.24, 2.45) is 11.8 Å². The summed E-state index contributed by atoms with van der Waals surface area (Å²) in [7, 11) is 0. The van der Waals surface area contributed by atoms with E-state index in [4.69, 9.17) is 4.74 Å². The number of nitrogens with one attached hydrogen (secondary N) is 2. The van der Waals surface area contributed by atoms with E-state index in [-0.39, 0.29) is 23.8 Å². The van der Waals surface area contributed by atoms with Crippen LogP contribution in [0.1, 0.15) is 69.8 Å². The van der Waals surface area contributed by atoms with Crippen molar-refractivity contribution in [2.45, 2.75) is 77.9 Å². The number of rotatable bonds is 11. The molecule has 1 aromatic carbocycles. The van der Waals surface area contributed by atoms with Crippen LogP contribution in [-0.2, 0) is 16.1 Å². The Bertz CT molecular complexity index is 1010. The summed E-state index contributed by atoms with van der Waals surface area (Å²) in [5.41, 5.74) is 1.58. The van der Waals surface area contributed by atoms with E-state index in [1.165, 1.54) is 0 Å². The van der Waals surface area contributed by atoms with Gasteiger partial charge in [-0.2, -0.15) is 5.26 Å². The van der Waals surface area contributed by atoms with Crippen LogP contribution in [0.5, 0.6) is 0 Å². The van der Waals surface area contributed by atoms with Crippen molar-refractivity contribution in [2.75, 3.05) is 13.2 Å². The molecule has 1 fully saturated rings. The van der Waals surface area contributed by atoms with Crippen molar-refractivity contribution in [3.8, 4) is 6.07 Å². The van der Waals surface area contributed by atoms with Crippen LogP contribution in [0, 0.1) is 23.2 Å². The van der Waals surface area contributed by atoms with Crippen LogP contribution in [0.25, 0.3) is 10.9 Å². The van der Waals surface area contributed by atoms with E-state index in [0.29, 0.717) is 44.2 Å². The highest BCUT2D eigenvalue weighted by atomic mass is 16.5. The third kappa shape index (κ3) is 6.60. The molecule has 1 saturated carbocycles. The smallest absolute Gasteiger partial charge is 0.268 e. The number of ether oxygens (including phenoxy) is 1. The van der Waals surface area contributed by atoms with Gasteiger partial charge in [-0.1, -0.05) is 51.8 Å². The van der Waals surface area contributed by atoms with Gasteiger partial charge in [0, 0.05) is 30.1 Å². The summed E-state index contributed by atoms with van der Waals surface area (Å²) in [4.78, 5) is 26.5. The fraction of sp³-hybridized carbons (Fsp3) is 0.593. The van der Waals surface area contributed by atoms with Crippen LogP contribution in [0.15, 0.2) is 30.3 Å². The van der Waals surface area contributed by atoms with Crippen molar-refractivity contribution in [3.05, 3.63) is 36.0 Å². The van der Waals surface area contributed by atoms with Gasteiger partial charge < -0.3 is 19.9 Å². The average Bonchev–Trinajstić information content (AvgIpc) is 3.20. The van der Waals surface area contributed by atoms with Gasteiger partial charge in [-0.25, -0.2) is 0 Å². The van der Waals surface area contributed by atoms with E-state index in [2.05, 4.69) is 23.6 Å². The maximum absolute atomic E-state index is 13.4.